The first-order chi connectivity index (χ1) is 9.68. The highest BCUT2D eigenvalue weighted by molar-refractivity contribution is 6.36. The van der Waals surface area contributed by atoms with Gasteiger partial charge in [0.25, 0.3) is 5.91 Å². The van der Waals surface area contributed by atoms with Crippen LogP contribution in [0.25, 0.3) is 0 Å². The van der Waals surface area contributed by atoms with Crippen molar-refractivity contribution in [1.82, 2.24) is 15.2 Å². The van der Waals surface area contributed by atoms with Gasteiger partial charge in [-0.2, -0.15) is 0 Å². The first kappa shape index (κ1) is 15.8. The maximum atomic E-state index is 12.1. The first-order valence-electron chi connectivity index (χ1n) is 6.38. The fraction of sp³-hybridized carbons (Fsp3) is 0.357. The number of H-pyrrole nitrogens is 1. The molecule has 1 aromatic heterocycles. The van der Waals surface area contributed by atoms with Crippen molar-refractivity contribution in [2.45, 2.75) is 33.1 Å². The van der Waals surface area contributed by atoms with Crippen LogP contribution in [0.5, 0.6) is 0 Å². The Morgan fingerprint density at radius 1 is 1.24 bits per heavy atom. The molecule has 1 heterocycles. The van der Waals surface area contributed by atoms with E-state index in [0.29, 0.717) is 21.6 Å². The average Bonchev–Trinajstić information content (AvgIpc) is 2.85. The summed E-state index contributed by atoms with van der Waals surface area (Å²) in [7, 11) is 0. The van der Waals surface area contributed by atoms with Crippen LogP contribution in [0.2, 0.25) is 10.0 Å². The predicted octanol–water partition coefficient (Wildman–Crippen LogP) is 3.97. The van der Waals surface area contributed by atoms with Gasteiger partial charge in [-0.1, -0.05) is 44.0 Å². The smallest absolute Gasteiger partial charge is 0.295 e. The first-order valence-corrected chi connectivity index (χ1v) is 7.14. The van der Waals surface area contributed by atoms with Gasteiger partial charge in [0.15, 0.2) is 0 Å². The van der Waals surface area contributed by atoms with E-state index >= 15 is 0 Å². The summed E-state index contributed by atoms with van der Waals surface area (Å²) in [6, 6.07) is 3.30. The van der Waals surface area contributed by atoms with Gasteiger partial charge in [-0.25, -0.2) is 4.98 Å². The molecule has 0 unspecified atom stereocenters. The number of aryl methyl sites for hydroxylation is 1. The van der Waals surface area contributed by atoms with Crippen LogP contribution < -0.4 is 5.32 Å². The second-order valence-corrected chi connectivity index (χ2v) is 6.61. The van der Waals surface area contributed by atoms with Gasteiger partial charge in [-0.3, -0.25) is 9.89 Å². The lowest BCUT2D eigenvalue weighted by Gasteiger charge is -2.12. The van der Waals surface area contributed by atoms with Crippen molar-refractivity contribution >= 4 is 34.8 Å². The Balaban J connectivity index is 2.22. The van der Waals surface area contributed by atoms with Crippen LogP contribution in [0.1, 0.15) is 42.8 Å². The summed E-state index contributed by atoms with van der Waals surface area (Å²) in [6.07, 6.45) is 0. The summed E-state index contributed by atoms with van der Waals surface area (Å²) >= 11 is 12.1. The maximum Gasteiger partial charge on any atom is 0.295 e. The lowest BCUT2D eigenvalue weighted by atomic mass is 9.96. The van der Waals surface area contributed by atoms with Crippen molar-refractivity contribution in [3.63, 3.8) is 0 Å². The highest BCUT2D eigenvalue weighted by atomic mass is 35.5. The van der Waals surface area contributed by atoms with Crippen LogP contribution in [-0.4, -0.2) is 21.1 Å². The molecule has 21 heavy (non-hydrogen) atoms. The number of hydrogen-bond acceptors (Lipinski definition) is 3. The molecule has 0 spiro atoms. The number of nitrogens with one attached hydrogen (secondary N) is 2. The van der Waals surface area contributed by atoms with E-state index < -0.39 is 5.91 Å². The number of carbonyl (C=O) groups is 1. The highest BCUT2D eigenvalue weighted by Gasteiger charge is 2.21. The third kappa shape index (κ3) is 3.54. The number of hydrogen-bond donors (Lipinski definition) is 2. The minimum absolute atomic E-state index is 0.0627. The second kappa shape index (κ2) is 5.66. The van der Waals surface area contributed by atoms with E-state index in [1.54, 1.807) is 12.1 Å². The molecule has 0 aliphatic rings. The Bertz CT molecular complexity index is 689. The van der Waals surface area contributed by atoms with Gasteiger partial charge in [-0.15, -0.1) is 5.10 Å². The zero-order valence-corrected chi connectivity index (χ0v) is 13.7. The van der Waals surface area contributed by atoms with Crippen molar-refractivity contribution in [3.8, 4) is 0 Å². The van der Waals surface area contributed by atoms with E-state index in [1.165, 1.54) is 0 Å². The van der Waals surface area contributed by atoms with Crippen molar-refractivity contribution in [2.75, 3.05) is 5.32 Å². The molecule has 0 saturated heterocycles. The number of carbonyl (C=O) groups excluding carboxylic acids is 1. The number of anilines is 1. The molecule has 0 aliphatic heterocycles. The van der Waals surface area contributed by atoms with Crippen LogP contribution in [0.15, 0.2) is 12.1 Å². The summed E-state index contributed by atoms with van der Waals surface area (Å²) in [5.41, 5.74) is 1.06. The summed E-state index contributed by atoms with van der Waals surface area (Å²) in [4.78, 5) is 16.3. The monoisotopic (exact) mass is 326 g/mol. The Kier molecular flexibility index (Phi) is 4.25. The molecule has 0 saturated carbocycles. The minimum Gasteiger partial charge on any atom is -0.318 e. The number of aromatic amines is 1. The Morgan fingerprint density at radius 3 is 2.48 bits per heavy atom. The van der Waals surface area contributed by atoms with E-state index in [0.717, 1.165) is 5.56 Å². The second-order valence-electron chi connectivity index (χ2n) is 5.79. The van der Waals surface area contributed by atoms with Crippen LogP contribution in [0.3, 0.4) is 0 Å². The van der Waals surface area contributed by atoms with E-state index in [4.69, 9.17) is 23.2 Å². The molecule has 0 bridgehead atoms. The van der Waals surface area contributed by atoms with Gasteiger partial charge in [0.05, 0.1) is 10.7 Å². The summed E-state index contributed by atoms with van der Waals surface area (Å²) in [5, 5.41) is 10.3. The van der Waals surface area contributed by atoms with Gasteiger partial charge in [0, 0.05) is 10.4 Å². The van der Waals surface area contributed by atoms with Crippen LogP contribution in [0, 0.1) is 6.92 Å². The predicted molar refractivity (Wildman–Crippen MR) is 84.2 cm³/mol. The largest absolute Gasteiger partial charge is 0.318 e. The van der Waals surface area contributed by atoms with E-state index in [9.17, 15) is 4.79 Å². The van der Waals surface area contributed by atoms with Gasteiger partial charge >= 0.3 is 0 Å². The van der Waals surface area contributed by atoms with Crippen LogP contribution in [0.4, 0.5) is 5.69 Å². The molecule has 0 aliphatic carbocycles. The van der Waals surface area contributed by atoms with Crippen molar-refractivity contribution in [3.05, 3.63) is 39.4 Å². The fourth-order valence-electron chi connectivity index (χ4n) is 1.62. The molecule has 2 rings (SSSR count). The van der Waals surface area contributed by atoms with Gasteiger partial charge < -0.3 is 5.32 Å². The molecule has 2 N–H and O–H groups in total. The molecule has 2 aromatic rings. The van der Waals surface area contributed by atoms with Crippen molar-refractivity contribution in [2.24, 2.45) is 0 Å². The molecule has 1 aromatic carbocycles. The third-order valence-electron chi connectivity index (χ3n) is 2.90. The minimum atomic E-state index is -0.441. The number of amides is 1. The molecule has 112 valence electrons. The molecular formula is C14H16Cl2N4O. The van der Waals surface area contributed by atoms with Gasteiger partial charge in [-0.05, 0) is 24.6 Å². The summed E-state index contributed by atoms with van der Waals surface area (Å²) in [6.45, 7) is 7.77. The Morgan fingerprint density at radius 2 is 1.90 bits per heavy atom. The Labute approximate surface area is 133 Å². The van der Waals surface area contributed by atoms with Crippen LogP contribution in [-0.2, 0) is 5.41 Å². The number of aromatic nitrogens is 3. The molecule has 7 heteroatoms. The average molecular weight is 327 g/mol. The number of halogens is 2. The van der Waals surface area contributed by atoms with Crippen molar-refractivity contribution in [1.29, 1.82) is 0 Å². The highest BCUT2D eigenvalue weighted by Crippen LogP contribution is 2.29. The zero-order chi connectivity index (χ0) is 15.8. The fourth-order valence-corrected chi connectivity index (χ4v) is 2.05. The molecule has 0 radical (unpaired) electrons. The normalized spacial score (nSPS) is 11.5. The SMILES string of the molecule is Cc1cc(Cl)c(NC(=O)c2n[nH]c(C(C)(C)C)n2)cc1Cl. The number of benzene rings is 1. The third-order valence-corrected chi connectivity index (χ3v) is 3.62. The van der Waals surface area contributed by atoms with Gasteiger partial charge in [0.1, 0.15) is 5.82 Å². The summed E-state index contributed by atoms with van der Waals surface area (Å²) < 4.78 is 0. The topological polar surface area (TPSA) is 70.7 Å². The molecular weight excluding hydrogens is 311 g/mol. The molecule has 1 amide bonds. The lowest BCUT2D eigenvalue weighted by molar-refractivity contribution is 0.101. The zero-order valence-electron chi connectivity index (χ0n) is 12.2. The number of rotatable bonds is 2. The standard InChI is InChI=1S/C14H16Cl2N4O/c1-7-5-9(16)10(6-8(7)15)17-12(21)11-18-13(20-19-11)14(2,3)4/h5-6H,1-4H3,(H,17,21)(H,18,19,20). The maximum absolute atomic E-state index is 12.1. The van der Waals surface area contributed by atoms with Gasteiger partial charge in [0.2, 0.25) is 5.82 Å². The van der Waals surface area contributed by atoms with Crippen LogP contribution >= 0.6 is 23.2 Å². The lowest BCUT2D eigenvalue weighted by Crippen LogP contribution is -2.16. The van der Waals surface area contributed by atoms with E-state index in [-0.39, 0.29) is 11.2 Å². The van der Waals surface area contributed by atoms with E-state index in [1.807, 2.05) is 27.7 Å². The Hall–Kier alpha value is -1.59. The summed E-state index contributed by atoms with van der Waals surface area (Å²) in [5.74, 6) is 0.261. The number of nitrogens with zero attached hydrogens (tertiary/aromatic N) is 2. The van der Waals surface area contributed by atoms with E-state index in [2.05, 4.69) is 20.5 Å². The molecule has 0 atom stereocenters. The molecule has 5 nitrogen and oxygen atoms in total. The quantitative estimate of drug-likeness (QED) is 0.877. The molecule has 0 fully saturated rings. The van der Waals surface area contributed by atoms with Crippen molar-refractivity contribution < 1.29 is 4.79 Å².